The zero-order valence-corrected chi connectivity index (χ0v) is 13.6. The van der Waals surface area contributed by atoms with Gasteiger partial charge < -0.3 is 5.32 Å². The minimum absolute atomic E-state index is 0.0131. The van der Waals surface area contributed by atoms with E-state index in [2.05, 4.69) is 39.9 Å². The van der Waals surface area contributed by atoms with E-state index in [1.807, 2.05) is 30.5 Å². The Balaban J connectivity index is 2.85. The number of rotatable bonds is 4. The van der Waals surface area contributed by atoms with Crippen molar-refractivity contribution in [1.82, 2.24) is 5.32 Å². The lowest BCUT2D eigenvalue weighted by molar-refractivity contribution is 0.0888. The lowest BCUT2D eigenvalue weighted by Gasteiger charge is -2.33. The molecule has 106 valence electrons. The van der Waals surface area contributed by atoms with Crippen molar-refractivity contribution in [2.75, 3.05) is 6.26 Å². The number of benzene rings is 1. The quantitative estimate of drug-likeness (QED) is 0.830. The molecule has 0 aliphatic carbocycles. The van der Waals surface area contributed by atoms with E-state index in [9.17, 15) is 4.79 Å². The first-order valence-corrected chi connectivity index (χ1v) is 7.83. The van der Waals surface area contributed by atoms with Gasteiger partial charge in [-0.05, 0) is 44.1 Å². The SMILES string of the molecule is CSc1ccccc1C(=O)NC(C)(C)CC(C)(C)C. The molecule has 1 rings (SSSR count). The van der Waals surface area contributed by atoms with Gasteiger partial charge in [0.05, 0.1) is 5.56 Å². The summed E-state index contributed by atoms with van der Waals surface area (Å²) in [6, 6.07) is 7.74. The summed E-state index contributed by atoms with van der Waals surface area (Å²) in [5, 5.41) is 3.15. The topological polar surface area (TPSA) is 29.1 Å². The molecule has 1 aromatic rings. The van der Waals surface area contributed by atoms with Crippen LogP contribution >= 0.6 is 11.8 Å². The molecule has 0 saturated carbocycles. The van der Waals surface area contributed by atoms with Crippen LogP contribution in [-0.2, 0) is 0 Å². The molecule has 19 heavy (non-hydrogen) atoms. The maximum atomic E-state index is 12.4. The molecule has 0 aliphatic rings. The molecule has 1 N–H and O–H groups in total. The highest BCUT2D eigenvalue weighted by Crippen LogP contribution is 2.27. The molecule has 0 bridgehead atoms. The molecule has 2 nitrogen and oxygen atoms in total. The Kier molecular flexibility index (Phi) is 5.08. The summed E-state index contributed by atoms with van der Waals surface area (Å²) >= 11 is 1.60. The van der Waals surface area contributed by atoms with Crippen LogP contribution in [0, 0.1) is 5.41 Å². The second-order valence-corrected chi connectivity index (χ2v) is 7.62. The molecule has 0 spiro atoms. The van der Waals surface area contributed by atoms with Crippen molar-refractivity contribution < 1.29 is 4.79 Å². The van der Waals surface area contributed by atoms with E-state index in [4.69, 9.17) is 0 Å². The Bertz CT molecular complexity index is 446. The van der Waals surface area contributed by atoms with Crippen LogP contribution in [0.1, 0.15) is 51.4 Å². The van der Waals surface area contributed by atoms with Gasteiger partial charge in [-0.2, -0.15) is 0 Å². The Morgan fingerprint density at radius 3 is 2.26 bits per heavy atom. The van der Waals surface area contributed by atoms with Crippen LogP contribution < -0.4 is 5.32 Å². The van der Waals surface area contributed by atoms with Crippen molar-refractivity contribution in [1.29, 1.82) is 0 Å². The van der Waals surface area contributed by atoms with E-state index in [0.717, 1.165) is 16.9 Å². The van der Waals surface area contributed by atoms with Crippen molar-refractivity contribution in [3.8, 4) is 0 Å². The first-order chi connectivity index (χ1) is 8.64. The van der Waals surface area contributed by atoms with Gasteiger partial charge in [-0.25, -0.2) is 0 Å². The Morgan fingerprint density at radius 2 is 1.74 bits per heavy atom. The second kappa shape index (κ2) is 6.00. The van der Waals surface area contributed by atoms with Gasteiger partial charge in [-0.1, -0.05) is 32.9 Å². The standard InChI is InChI=1S/C16H25NOS/c1-15(2,3)11-16(4,5)17-14(18)12-9-7-8-10-13(12)19-6/h7-10H,11H2,1-6H3,(H,17,18). The number of nitrogens with one attached hydrogen (secondary N) is 1. The third kappa shape index (κ3) is 5.27. The van der Waals surface area contributed by atoms with Gasteiger partial charge in [-0.3, -0.25) is 4.79 Å². The molecule has 0 unspecified atom stereocenters. The minimum atomic E-state index is -0.207. The minimum Gasteiger partial charge on any atom is -0.347 e. The van der Waals surface area contributed by atoms with E-state index < -0.39 is 0 Å². The highest BCUT2D eigenvalue weighted by atomic mass is 32.2. The van der Waals surface area contributed by atoms with Gasteiger partial charge in [0.1, 0.15) is 0 Å². The van der Waals surface area contributed by atoms with Crippen LogP contribution in [0.4, 0.5) is 0 Å². The maximum Gasteiger partial charge on any atom is 0.252 e. The maximum absolute atomic E-state index is 12.4. The molecular weight excluding hydrogens is 254 g/mol. The molecule has 1 aromatic carbocycles. The highest BCUT2D eigenvalue weighted by molar-refractivity contribution is 7.98. The molecule has 1 amide bonds. The Morgan fingerprint density at radius 1 is 1.16 bits per heavy atom. The van der Waals surface area contributed by atoms with Crippen LogP contribution in [0.2, 0.25) is 0 Å². The van der Waals surface area contributed by atoms with Gasteiger partial charge in [0.15, 0.2) is 0 Å². The summed E-state index contributed by atoms with van der Waals surface area (Å²) in [6.45, 7) is 10.7. The zero-order chi connectivity index (χ0) is 14.7. The summed E-state index contributed by atoms with van der Waals surface area (Å²) in [7, 11) is 0. The number of carbonyl (C=O) groups is 1. The van der Waals surface area contributed by atoms with Gasteiger partial charge >= 0.3 is 0 Å². The molecular formula is C16H25NOS. The summed E-state index contributed by atoms with van der Waals surface area (Å²) in [6.07, 6.45) is 2.93. The first kappa shape index (κ1) is 16.1. The van der Waals surface area contributed by atoms with Crippen LogP contribution in [0.5, 0.6) is 0 Å². The molecule has 0 radical (unpaired) electrons. The zero-order valence-electron chi connectivity index (χ0n) is 12.8. The van der Waals surface area contributed by atoms with E-state index in [0.29, 0.717) is 0 Å². The predicted octanol–water partition coefficient (Wildman–Crippen LogP) is 4.35. The molecule has 3 heteroatoms. The molecule has 0 fully saturated rings. The number of hydrogen-bond donors (Lipinski definition) is 1. The molecule has 0 aliphatic heterocycles. The van der Waals surface area contributed by atoms with Crippen LogP contribution in [0.15, 0.2) is 29.2 Å². The molecule has 0 saturated heterocycles. The largest absolute Gasteiger partial charge is 0.347 e. The van der Waals surface area contributed by atoms with Gasteiger partial charge in [0.25, 0.3) is 5.91 Å². The molecule has 0 heterocycles. The van der Waals surface area contributed by atoms with Crippen molar-refractivity contribution in [3.05, 3.63) is 29.8 Å². The summed E-state index contributed by atoms with van der Waals surface area (Å²) in [5.74, 6) is 0.0131. The van der Waals surface area contributed by atoms with Crippen LogP contribution in [-0.4, -0.2) is 17.7 Å². The van der Waals surface area contributed by atoms with Gasteiger partial charge in [0.2, 0.25) is 0 Å². The average Bonchev–Trinajstić information content (AvgIpc) is 2.24. The number of thioether (sulfide) groups is 1. The Hall–Kier alpha value is -0.960. The van der Waals surface area contributed by atoms with E-state index in [1.165, 1.54) is 0 Å². The van der Waals surface area contributed by atoms with Crippen molar-refractivity contribution in [2.24, 2.45) is 5.41 Å². The fraction of sp³-hybridized carbons (Fsp3) is 0.562. The lowest BCUT2D eigenvalue weighted by atomic mass is 9.81. The predicted molar refractivity (Wildman–Crippen MR) is 83.8 cm³/mol. The molecule has 0 atom stereocenters. The van der Waals surface area contributed by atoms with Crippen molar-refractivity contribution in [2.45, 2.75) is 51.5 Å². The summed E-state index contributed by atoms with van der Waals surface area (Å²) in [4.78, 5) is 13.4. The third-order valence-electron chi connectivity index (χ3n) is 2.78. The van der Waals surface area contributed by atoms with Crippen LogP contribution in [0.3, 0.4) is 0 Å². The van der Waals surface area contributed by atoms with Crippen LogP contribution in [0.25, 0.3) is 0 Å². The monoisotopic (exact) mass is 279 g/mol. The van der Waals surface area contributed by atoms with Crippen molar-refractivity contribution >= 4 is 17.7 Å². The van der Waals surface area contributed by atoms with E-state index in [1.54, 1.807) is 11.8 Å². The number of carbonyl (C=O) groups excluding carboxylic acids is 1. The van der Waals surface area contributed by atoms with Gasteiger partial charge in [-0.15, -0.1) is 11.8 Å². The molecule has 0 aromatic heterocycles. The number of hydrogen-bond acceptors (Lipinski definition) is 2. The first-order valence-electron chi connectivity index (χ1n) is 6.60. The fourth-order valence-corrected chi connectivity index (χ4v) is 3.17. The van der Waals surface area contributed by atoms with Gasteiger partial charge in [0, 0.05) is 10.4 Å². The van der Waals surface area contributed by atoms with Crippen molar-refractivity contribution in [3.63, 3.8) is 0 Å². The van der Waals surface area contributed by atoms with E-state index >= 15 is 0 Å². The Labute approximate surface area is 121 Å². The van der Waals surface area contributed by atoms with E-state index in [-0.39, 0.29) is 16.9 Å². The number of amides is 1. The average molecular weight is 279 g/mol. The smallest absolute Gasteiger partial charge is 0.252 e. The second-order valence-electron chi connectivity index (χ2n) is 6.78. The summed E-state index contributed by atoms with van der Waals surface area (Å²) in [5.41, 5.74) is 0.744. The third-order valence-corrected chi connectivity index (χ3v) is 3.57. The fourth-order valence-electron chi connectivity index (χ4n) is 2.58. The normalized spacial score (nSPS) is 12.3. The lowest BCUT2D eigenvalue weighted by Crippen LogP contribution is -2.45. The summed E-state index contributed by atoms with van der Waals surface area (Å²) < 4.78 is 0. The highest BCUT2D eigenvalue weighted by Gasteiger charge is 2.27.